The maximum atomic E-state index is 9.63. The van der Waals surface area contributed by atoms with E-state index in [1.54, 1.807) is 0 Å². The van der Waals surface area contributed by atoms with Crippen molar-refractivity contribution < 1.29 is 33.0 Å². The molecule has 11 heteroatoms. The van der Waals surface area contributed by atoms with Crippen molar-refractivity contribution in [3.05, 3.63) is 121 Å². The van der Waals surface area contributed by atoms with Crippen LogP contribution in [0.1, 0.15) is 0 Å². The highest BCUT2D eigenvalue weighted by atomic mass is 31.3. The van der Waals surface area contributed by atoms with Gasteiger partial charge in [-0.1, -0.05) is 109 Å². The lowest BCUT2D eigenvalue weighted by Gasteiger charge is -2.13. The molecule has 0 spiro atoms. The lowest BCUT2D eigenvalue weighted by Crippen LogP contribution is -2.00. The van der Waals surface area contributed by atoms with E-state index in [-0.39, 0.29) is 0 Å². The summed E-state index contributed by atoms with van der Waals surface area (Å²) in [4.78, 5) is 36.2. The van der Waals surface area contributed by atoms with E-state index in [1.807, 2.05) is 24.3 Å². The fraction of sp³-hybridized carbons (Fsp3) is 0. The maximum absolute atomic E-state index is 9.63. The minimum atomic E-state index is -5.05. The highest BCUT2D eigenvalue weighted by molar-refractivity contribution is 7.60. The quantitative estimate of drug-likeness (QED) is 0.187. The SMILES string of the molecule is O=P(O)(O)OP(=O)(O)O.c1ccc(-c2nc(-c3ccccc3)n(-c3ccccc3)c2-c2ccccc2)cc1. The average Bonchev–Trinajstić information content (AvgIpc) is 3.30. The molecule has 9 nitrogen and oxygen atoms in total. The second-order valence-electron chi connectivity index (χ2n) is 7.96. The number of imidazole rings is 1. The zero-order valence-corrected chi connectivity index (χ0v) is 21.6. The van der Waals surface area contributed by atoms with E-state index >= 15 is 0 Å². The second-order valence-corrected chi connectivity index (χ2v) is 10.6. The normalized spacial score (nSPS) is 11.5. The number of phosphoric acid groups is 2. The Morgan fingerprint density at radius 2 is 0.947 bits per heavy atom. The number of aromatic nitrogens is 2. The van der Waals surface area contributed by atoms with E-state index < -0.39 is 15.6 Å². The number of hydrogen-bond acceptors (Lipinski definition) is 4. The van der Waals surface area contributed by atoms with Crippen molar-refractivity contribution in [2.24, 2.45) is 0 Å². The summed E-state index contributed by atoms with van der Waals surface area (Å²) in [6.45, 7) is 0. The van der Waals surface area contributed by atoms with Gasteiger partial charge in [0.25, 0.3) is 0 Å². The van der Waals surface area contributed by atoms with Gasteiger partial charge in [0.1, 0.15) is 5.82 Å². The molecule has 0 fully saturated rings. The molecule has 5 rings (SSSR count). The molecule has 1 heterocycles. The Hall–Kier alpha value is -3.65. The van der Waals surface area contributed by atoms with Crippen LogP contribution in [-0.2, 0) is 13.4 Å². The van der Waals surface area contributed by atoms with Crippen molar-refractivity contribution in [3.63, 3.8) is 0 Å². The molecule has 0 radical (unpaired) electrons. The second kappa shape index (κ2) is 11.8. The lowest BCUT2D eigenvalue weighted by molar-refractivity contribution is 0.225. The molecule has 5 aromatic rings. The molecular formula is C27H24N2O7P2. The predicted octanol–water partition coefficient (Wildman–Crippen LogP) is 6.06. The van der Waals surface area contributed by atoms with Crippen LogP contribution in [0.4, 0.5) is 0 Å². The molecule has 38 heavy (non-hydrogen) atoms. The van der Waals surface area contributed by atoms with Gasteiger partial charge in [-0.2, -0.15) is 4.31 Å². The van der Waals surface area contributed by atoms with Crippen molar-refractivity contribution in [3.8, 4) is 39.6 Å². The third-order valence-electron chi connectivity index (χ3n) is 5.23. The molecule has 0 bridgehead atoms. The minimum Gasteiger partial charge on any atom is -0.302 e. The maximum Gasteiger partial charge on any atom is 0.478 e. The van der Waals surface area contributed by atoms with Gasteiger partial charge in [0.2, 0.25) is 0 Å². The van der Waals surface area contributed by atoms with Crippen LogP contribution in [0.2, 0.25) is 0 Å². The van der Waals surface area contributed by atoms with E-state index in [0.29, 0.717) is 0 Å². The van der Waals surface area contributed by atoms with E-state index in [1.165, 1.54) is 0 Å². The summed E-state index contributed by atoms with van der Waals surface area (Å²) in [6, 6.07) is 41.8. The summed E-state index contributed by atoms with van der Waals surface area (Å²) >= 11 is 0. The van der Waals surface area contributed by atoms with Crippen LogP contribution in [0.25, 0.3) is 39.6 Å². The van der Waals surface area contributed by atoms with Crippen LogP contribution in [-0.4, -0.2) is 29.1 Å². The van der Waals surface area contributed by atoms with Crippen LogP contribution >= 0.6 is 15.6 Å². The van der Waals surface area contributed by atoms with Crippen LogP contribution in [0, 0.1) is 0 Å². The molecule has 0 amide bonds. The number of para-hydroxylation sites is 1. The Morgan fingerprint density at radius 1 is 0.553 bits per heavy atom. The number of benzene rings is 4. The first-order valence-electron chi connectivity index (χ1n) is 11.3. The lowest BCUT2D eigenvalue weighted by atomic mass is 10.0. The first-order valence-corrected chi connectivity index (χ1v) is 14.4. The summed E-state index contributed by atoms with van der Waals surface area (Å²) < 4.78 is 24.5. The van der Waals surface area contributed by atoms with Crippen molar-refractivity contribution in [2.45, 2.75) is 0 Å². The molecule has 0 saturated carbocycles. The fourth-order valence-corrected chi connectivity index (χ4v) is 4.94. The number of nitrogens with zero attached hydrogens (tertiary/aromatic N) is 2. The van der Waals surface area contributed by atoms with Gasteiger partial charge in [-0.25, -0.2) is 14.1 Å². The standard InChI is InChI=1S/C27H20N2.H4O7P2/c1-5-13-21(14-6-1)25-26(22-15-7-2-8-16-22)29(24-19-11-4-12-20-24)27(28-25)23-17-9-3-10-18-23;1-8(2,3)7-9(4,5)6/h1-20H;(H2,1,2,3)(H2,4,5,6). The number of rotatable bonds is 6. The van der Waals surface area contributed by atoms with E-state index in [0.717, 1.165) is 39.6 Å². The summed E-state index contributed by atoms with van der Waals surface area (Å²) in [5.74, 6) is 0.939. The highest BCUT2D eigenvalue weighted by Crippen LogP contribution is 2.53. The van der Waals surface area contributed by atoms with E-state index in [4.69, 9.17) is 24.6 Å². The fourth-order valence-electron chi connectivity index (χ4n) is 3.83. The van der Waals surface area contributed by atoms with Crippen LogP contribution in [0.15, 0.2) is 121 Å². The molecule has 0 aliphatic carbocycles. The molecule has 194 valence electrons. The smallest absolute Gasteiger partial charge is 0.302 e. The minimum absolute atomic E-state index is 0.939. The molecular weight excluding hydrogens is 526 g/mol. The monoisotopic (exact) mass is 550 g/mol. The largest absolute Gasteiger partial charge is 0.478 e. The Balaban J connectivity index is 0.000000323. The van der Waals surface area contributed by atoms with Crippen molar-refractivity contribution in [2.75, 3.05) is 0 Å². The van der Waals surface area contributed by atoms with Gasteiger partial charge in [-0.05, 0) is 12.1 Å². The molecule has 1 aromatic heterocycles. The molecule has 0 aliphatic rings. The van der Waals surface area contributed by atoms with Gasteiger partial charge in [0, 0.05) is 22.4 Å². The summed E-state index contributed by atoms with van der Waals surface area (Å²) in [5, 5.41) is 0. The Morgan fingerprint density at radius 3 is 1.37 bits per heavy atom. The molecule has 4 aromatic carbocycles. The first kappa shape index (κ1) is 27.4. The van der Waals surface area contributed by atoms with Gasteiger partial charge in [0.05, 0.1) is 11.4 Å². The summed E-state index contributed by atoms with van der Waals surface area (Å²) in [5.41, 5.74) is 6.53. The zero-order chi connectivity index (χ0) is 27.2. The van der Waals surface area contributed by atoms with Gasteiger partial charge in [0.15, 0.2) is 0 Å². The highest BCUT2D eigenvalue weighted by Gasteiger charge is 2.28. The Kier molecular flexibility index (Phi) is 8.52. The molecule has 0 aliphatic heterocycles. The Labute approximate surface area is 219 Å². The summed E-state index contributed by atoms with van der Waals surface area (Å²) in [6.07, 6.45) is 0. The predicted molar refractivity (Wildman–Crippen MR) is 145 cm³/mol. The summed E-state index contributed by atoms with van der Waals surface area (Å²) in [7, 11) is -10.1. The van der Waals surface area contributed by atoms with E-state index in [2.05, 4.69) is 106 Å². The Bertz CT molecular complexity index is 1450. The van der Waals surface area contributed by atoms with Gasteiger partial charge in [-0.15, -0.1) is 0 Å². The van der Waals surface area contributed by atoms with Gasteiger partial charge >= 0.3 is 15.6 Å². The topological polar surface area (TPSA) is 142 Å². The molecule has 0 saturated heterocycles. The van der Waals surface area contributed by atoms with Crippen molar-refractivity contribution >= 4 is 15.6 Å². The van der Waals surface area contributed by atoms with Gasteiger partial charge in [-0.3, -0.25) is 4.57 Å². The third kappa shape index (κ3) is 7.22. The van der Waals surface area contributed by atoms with Crippen molar-refractivity contribution in [1.29, 1.82) is 0 Å². The van der Waals surface area contributed by atoms with Gasteiger partial charge < -0.3 is 19.6 Å². The average molecular weight is 550 g/mol. The van der Waals surface area contributed by atoms with Crippen LogP contribution in [0.3, 0.4) is 0 Å². The molecule has 4 N–H and O–H groups in total. The number of hydrogen-bond donors (Lipinski definition) is 4. The van der Waals surface area contributed by atoms with Crippen molar-refractivity contribution in [1.82, 2.24) is 9.55 Å². The molecule has 0 unspecified atom stereocenters. The van der Waals surface area contributed by atoms with Crippen LogP contribution in [0.5, 0.6) is 0 Å². The molecule has 0 atom stereocenters. The third-order valence-corrected chi connectivity index (χ3v) is 6.93. The van der Waals surface area contributed by atoms with Crippen LogP contribution < -0.4 is 0 Å². The first-order chi connectivity index (χ1) is 18.1. The van der Waals surface area contributed by atoms with E-state index in [9.17, 15) is 9.13 Å². The zero-order valence-electron chi connectivity index (χ0n) is 19.8.